The summed E-state index contributed by atoms with van der Waals surface area (Å²) in [6, 6.07) is 11.1. The van der Waals surface area contributed by atoms with Gasteiger partial charge in [0, 0.05) is 47.3 Å². The van der Waals surface area contributed by atoms with Gasteiger partial charge in [0.15, 0.2) is 0 Å². The van der Waals surface area contributed by atoms with E-state index in [4.69, 9.17) is 11.6 Å². The van der Waals surface area contributed by atoms with E-state index in [-0.39, 0.29) is 23.9 Å². The van der Waals surface area contributed by atoms with Crippen LogP contribution in [0.5, 0.6) is 0 Å². The van der Waals surface area contributed by atoms with Crippen LogP contribution in [-0.2, 0) is 24.3 Å². The number of pyridine rings is 1. The summed E-state index contributed by atoms with van der Waals surface area (Å²) >= 11 is 6.10. The van der Waals surface area contributed by atoms with Crippen molar-refractivity contribution in [3.63, 3.8) is 0 Å². The van der Waals surface area contributed by atoms with E-state index in [1.807, 2.05) is 37.3 Å². The first kappa shape index (κ1) is 31.0. The minimum Gasteiger partial charge on any atom is -0.352 e. The number of hydrogen-bond acceptors (Lipinski definition) is 3. The van der Waals surface area contributed by atoms with Crippen LogP contribution >= 0.6 is 11.6 Å². The van der Waals surface area contributed by atoms with Crippen LogP contribution in [0.3, 0.4) is 0 Å². The summed E-state index contributed by atoms with van der Waals surface area (Å²) in [5, 5.41) is 6.22. The number of carbonyl (C=O) groups excluding carboxylic acids is 2. The van der Waals surface area contributed by atoms with Gasteiger partial charge < -0.3 is 15.2 Å². The molecule has 0 radical (unpaired) electrons. The molecule has 0 bridgehead atoms. The van der Waals surface area contributed by atoms with Crippen molar-refractivity contribution >= 4 is 29.5 Å². The fraction of sp³-hybridized carbons (Fsp3) is 0.387. The maximum absolute atomic E-state index is 13.8. The molecule has 2 amide bonds. The lowest BCUT2D eigenvalue weighted by Crippen LogP contribution is -2.28. The number of allylic oxidation sites excluding steroid dienone is 1. The fourth-order valence-corrected chi connectivity index (χ4v) is 4.59. The summed E-state index contributed by atoms with van der Waals surface area (Å²) in [6.45, 7) is 10.5. The quantitative estimate of drug-likeness (QED) is 0.236. The maximum atomic E-state index is 13.8. The van der Waals surface area contributed by atoms with Gasteiger partial charge in [0.1, 0.15) is 5.69 Å². The van der Waals surface area contributed by atoms with Crippen molar-refractivity contribution in [2.75, 3.05) is 0 Å². The van der Waals surface area contributed by atoms with Crippen LogP contribution in [0, 0.1) is 5.92 Å². The lowest BCUT2D eigenvalue weighted by Gasteiger charge is -2.14. The molecule has 0 saturated heterocycles. The van der Waals surface area contributed by atoms with Gasteiger partial charge in [0.2, 0.25) is 5.91 Å². The van der Waals surface area contributed by atoms with Crippen molar-refractivity contribution in [2.24, 2.45) is 5.92 Å². The second kappa shape index (κ2) is 14.2. The third-order valence-electron chi connectivity index (χ3n) is 6.59. The Kier molecular flexibility index (Phi) is 11.0. The largest absolute Gasteiger partial charge is 0.352 e. The van der Waals surface area contributed by atoms with Gasteiger partial charge in [-0.05, 0) is 66.8 Å². The number of alkyl halides is 2. The van der Waals surface area contributed by atoms with Crippen LogP contribution in [0.4, 0.5) is 8.78 Å². The summed E-state index contributed by atoms with van der Waals surface area (Å²) in [4.78, 5) is 29.1. The third-order valence-corrected chi connectivity index (χ3v) is 6.84. The number of nitrogens with one attached hydrogen (secondary N) is 2. The van der Waals surface area contributed by atoms with Gasteiger partial charge in [-0.3, -0.25) is 14.6 Å². The van der Waals surface area contributed by atoms with Crippen molar-refractivity contribution in [2.45, 2.75) is 73.4 Å². The number of halogens is 3. The van der Waals surface area contributed by atoms with E-state index in [0.29, 0.717) is 22.7 Å². The Morgan fingerprint density at radius 3 is 2.38 bits per heavy atom. The van der Waals surface area contributed by atoms with Crippen molar-refractivity contribution in [3.05, 3.63) is 81.4 Å². The SMILES string of the molecule is CCCc1c(/C=C(\CC)NC(=O)c2cc(CNC(=O)C(C)C)cnc2C(F)F)cc(-c2ccc(Cl)cc2)n1CC. The van der Waals surface area contributed by atoms with Crippen LogP contribution in [-0.4, -0.2) is 21.4 Å². The zero-order chi connectivity index (χ0) is 29.4. The number of hydrogen-bond donors (Lipinski definition) is 2. The molecule has 0 unspecified atom stereocenters. The van der Waals surface area contributed by atoms with Gasteiger partial charge in [-0.1, -0.05) is 57.8 Å². The Bertz CT molecular complexity index is 1360. The number of nitrogens with zero attached hydrogens (tertiary/aromatic N) is 2. The maximum Gasteiger partial charge on any atom is 0.281 e. The Morgan fingerprint density at radius 2 is 1.80 bits per heavy atom. The van der Waals surface area contributed by atoms with E-state index in [9.17, 15) is 18.4 Å². The van der Waals surface area contributed by atoms with E-state index in [1.165, 1.54) is 12.3 Å². The van der Waals surface area contributed by atoms with E-state index < -0.39 is 18.0 Å². The van der Waals surface area contributed by atoms with Crippen LogP contribution in [0.2, 0.25) is 5.02 Å². The first-order chi connectivity index (χ1) is 19.1. The number of rotatable bonds is 12. The monoisotopic (exact) mass is 570 g/mol. The highest BCUT2D eigenvalue weighted by Gasteiger charge is 2.22. The minimum absolute atomic E-state index is 0.0860. The Morgan fingerprint density at radius 1 is 1.10 bits per heavy atom. The standard InChI is InChI=1S/C31H37ClF2N4O2/c1-6-9-26-22(16-27(38(26)8-3)21-10-12-23(32)13-11-21)15-24(7-2)37-31(40)25-14-20(17-35-28(25)29(33)34)18-36-30(39)19(4)5/h10-17,19,29H,6-9,18H2,1-5H3,(H,36,39)(H,37,40)/b24-15+. The zero-order valence-electron chi connectivity index (χ0n) is 23.7. The summed E-state index contributed by atoms with van der Waals surface area (Å²) < 4.78 is 29.8. The molecule has 6 nitrogen and oxygen atoms in total. The molecule has 3 rings (SSSR count). The van der Waals surface area contributed by atoms with E-state index >= 15 is 0 Å². The van der Waals surface area contributed by atoms with E-state index in [1.54, 1.807) is 13.8 Å². The molecule has 0 saturated carbocycles. The van der Waals surface area contributed by atoms with Crippen molar-refractivity contribution < 1.29 is 18.4 Å². The Balaban J connectivity index is 1.96. The smallest absolute Gasteiger partial charge is 0.281 e. The zero-order valence-corrected chi connectivity index (χ0v) is 24.4. The van der Waals surface area contributed by atoms with Crippen molar-refractivity contribution in [3.8, 4) is 11.3 Å². The number of benzene rings is 1. The fourth-order valence-electron chi connectivity index (χ4n) is 4.46. The Hall–Kier alpha value is -3.52. The lowest BCUT2D eigenvalue weighted by atomic mass is 10.1. The Labute approximate surface area is 239 Å². The highest BCUT2D eigenvalue weighted by Crippen LogP contribution is 2.30. The molecular weight excluding hydrogens is 534 g/mol. The first-order valence-electron chi connectivity index (χ1n) is 13.6. The molecule has 2 N–H and O–H groups in total. The molecule has 0 aliphatic carbocycles. The molecular formula is C31H37ClF2N4O2. The average Bonchev–Trinajstić information content (AvgIpc) is 3.28. The number of carbonyl (C=O) groups is 2. The molecule has 0 atom stereocenters. The summed E-state index contributed by atoms with van der Waals surface area (Å²) in [7, 11) is 0. The molecule has 0 aliphatic rings. The second-order valence-electron chi connectivity index (χ2n) is 9.86. The van der Waals surface area contributed by atoms with Gasteiger partial charge in [0.05, 0.1) is 5.56 Å². The van der Waals surface area contributed by atoms with Crippen LogP contribution in [0.1, 0.15) is 86.8 Å². The second-order valence-corrected chi connectivity index (χ2v) is 10.3. The van der Waals surface area contributed by atoms with Crippen LogP contribution in [0.15, 0.2) is 48.3 Å². The third kappa shape index (κ3) is 7.56. The molecule has 0 fully saturated rings. The molecule has 9 heteroatoms. The predicted molar refractivity (Wildman–Crippen MR) is 156 cm³/mol. The average molecular weight is 571 g/mol. The van der Waals surface area contributed by atoms with Crippen molar-refractivity contribution in [1.29, 1.82) is 0 Å². The molecule has 0 aliphatic heterocycles. The van der Waals surface area contributed by atoms with E-state index in [0.717, 1.165) is 41.9 Å². The molecule has 3 aromatic rings. The molecule has 214 valence electrons. The van der Waals surface area contributed by atoms with Gasteiger partial charge in [-0.15, -0.1) is 0 Å². The minimum atomic E-state index is -2.93. The van der Waals surface area contributed by atoms with Gasteiger partial charge in [0.25, 0.3) is 12.3 Å². The number of amides is 2. The number of aromatic nitrogens is 2. The van der Waals surface area contributed by atoms with Crippen molar-refractivity contribution in [1.82, 2.24) is 20.2 Å². The molecule has 1 aromatic carbocycles. The van der Waals surface area contributed by atoms with Crippen LogP contribution in [0.25, 0.3) is 17.3 Å². The van der Waals surface area contributed by atoms with Gasteiger partial charge in [-0.25, -0.2) is 8.78 Å². The molecule has 0 spiro atoms. The molecule has 40 heavy (non-hydrogen) atoms. The highest BCUT2D eigenvalue weighted by atomic mass is 35.5. The summed E-state index contributed by atoms with van der Waals surface area (Å²) in [5.74, 6) is -1.08. The summed E-state index contributed by atoms with van der Waals surface area (Å²) in [5.41, 5.74) is 4.40. The molecule has 2 aromatic heterocycles. The molecule has 2 heterocycles. The first-order valence-corrected chi connectivity index (χ1v) is 14.0. The highest BCUT2D eigenvalue weighted by molar-refractivity contribution is 6.30. The van der Waals surface area contributed by atoms with Gasteiger partial charge >= 0.3 is 0 Å². The van der Waals surface area contributed by atoms with Crippen LogP contribution < -0.4 is 10.6 Å². The lowest BCUT2D eigenvalue weighted by molar-refractivity contribution is -0.124. The normalized spacial score (nSPS) is 11.8. The topological polar surface area (TPSA) is 76.0 Å². The predicted octanol–water partition coefficient (Wildman–Crippen LogP) is 7.57. The summed E-state index contributed by atoms with van der Waals surface area (Å²) in [6.07, 6.45) is 2.50. The van der Waals surface area contributed by atoms with E-state index in [2.05, 4.69) is 40.1 Å². The van der Waals surface area contributed by atoms with Gasteiger partial charge in [-0.2, -0.15) is 0 Å².